The minimum absolute atomic E-state index is 0.157. The standard InChI is InChI=1S/C20H16Cl2N4O2/c1-24-18-17(25(12-23-18)10-13-2-6-15(21)7-3-13)19(27)26(20(24)28)11-14-4-8-16(22)9-5-14/h2-9,12H,10-11H2,1H3. The zero-order valence-corrected chi connectivity index (χ0v) is 16.5. The largest absolute Gasteiger partial charge is 0.332 e. The number of rotatable bonds is 4. The van der Waals surface area contributed by atoms with E-state index in [9.17, 15) is 9.59 Å². The molecule has 0 spiro atoms. The fourth-order valence-electron chi connectivity index (χ4n) is 3.14. The van der Waals surface area contributed by atoms with Crippen molar-refractivity contribution in [2.45, 2.75) is 13.1 Å². The third-order valence-electron chi connectivity index (χ3n) is 4.62. The Bertz CT molecular complexity index is 1270. The van der Waals surface area contributed by atoms with Gasteiger partial charge in [0.1, 0.15) is 0 Å². The maximum Gasteiger partial charge on any atom is 0.332 e. The molecule has 0 radical (unpaired) electrons. The summed E-state index contributed by atoms with van der Waals surface area (Å²) in [7, 11) is 1.61. The van der Waals surface area contributed by atoms with Crippen LogP contribution in [0.3, 0.4) is 0 Å². The Balaban J connectivity index is 1.82. The van der Waals surface area contributed by atoms with E-state index in [2.05, 4.69) is 4.98 Å². The molecule has 2 aromatic heterocycles. The van der Waals surface area contributed by atoms with Gasteiger partial charge in [-0.3, -0.25) is 13.9 Å². The third kappa shape index (κ3) is 3.37. The van der Waals surface area contributed by atoms with Crippen LogP contribution in [0.5, 0.6) is 0 Å². The molecule has 0 atom stereocenters. The van der Waals surface area contributed by atoms with Gasteiger partial charge < -0.3 is 4.57 Å². The Morgan fingerprint density at radius 3 is 1.96 bits per heavy atom. The van der Waals surface area contributed by atoms with Gasteiger partial charge in [0.15, 0.2) is 11.2 Å². The Labute approximate surface area is 170 Å². The molecule has 0 unspecified atom stereocenters. The first-order valence-corrected chi connectivity index (χ1v) is 9.33. The summed E-state index contributed by atoms with van der Waals surface area (Å²) in [6, 6.07) is 14.4. The zero-order chi connectivity index (χ0) is 19.8. The molecule has 28 heavy (non-hydrogen) atoms. The monoisotopic (exact) mass is 414 g/mol. The Hall–Kier alpha value is -2.83. The SMILES string of the molecule is Cn1c(=O)n(Cc2ccc(Cl)cc2)c(=O)c2c1ncn2Cc1ccc(Cl)cc1. The van der Waals surface area contributed by atoms with Gasteiger partial charge in [0.2, 0.25) is 0 Å². The van der Waals surface area contributed by atoms with Crippen LogP contribution in [0.1, 0.15) is 11.1 Å². The lowest BCUT2D eigenvalue weighted by atomic mass is 10.2. The minimum atomic E-state index is -0.413. The summed E-state index contributed by atoms with van der Waals surface area (Å²) in [5.74, 6) is 0. The van der Waals surface area contributed by atoms with Crippen LogP contribution in [0.25, 0.3) is 11.2 Å². The van der Waals surface area contributed by atoms with Crippen LogP contribution < -0.4 is 11.2 Å². The first kappa shape index (κ1) is 18.5. The smallest absolute Gasteiger partial charge is 0.320 e. The highest BCUT2D eigenvalue weighted by Crippen LogP contribution is 2.14. The van der Waals surface area contributed by atoms with Gasteiger partial charge >= 0.3 is 5.69 Å². The molecule has 0 aliphatic heterocycles. The number of aromatic nitrogens is 4. The summed E-state index contributed by atoms with van der Waals surface area (Å²) in [5.41, 5.74) is 1.74. The second kappa shape index (κ2) is 7.30. The van der Waals surface area contributed by atoms with Crippen LogP contribution in [-0.4, -0.2) is 18.7 Å². The molecule has 142 valence electrons. The molecule has 4 aromatic rings. The lowest BCUT2D eigenvalue weighted by molar-refractivity contribution is 0.653. The highest BCUT2D eigenvalue weighted by atomic mass is 35.5. The lowest BCUT2D eigenvalue weighted by Gasteiger charge is -2.10. The van der Waals surface area contributed by atoms with Crippen molar-refractivity contribution in [1.29, 1.82) is 0 Å². The number of hydrogen-bond donors (Lipinski definition) is 0. The number of nitrogens with zero attached hydrogens (tertiary/aromatic N) is 4. The summed E-state index contributed by atoms with van der Waals surface area (Å²) < 4.78 is 4.36. The molecule has 0 amide bonds. The molecule has 4 rings (SSSR count). The van der Waals surface area contributed by atoms with Crippen LogP contribution >= 0.6 is 23.2 Å². The number of imidazole rings is 1. The first-order valence-electron chi connectivity index (χ1n) is 8.57. The number of halogens is 2. The fraction of sp³-hybridized carbons (Fsp3) is 0.150. The van der Waals surface area contributed by atoms with Crippen molar-refractivity contribution in [3.8, 4) is 0 Å². The molecule has 0 fully saturated rings. The van der Waals surface area contributed by atoms with Gasteiger partial charge in [-0.2, -0.15) is 0 Å². The Kier molecular flexibility index (Phi) is 4.83. The molecule has 0 aliphatic rings. The van der Waals surface area contributed by atoms with E-state index in [1.807, 2.05) is 12.1 Å². The van der Waals surface area contributed by atoms with Crippen molar-refractivity contribution in [3.05, 3.63) is 96.9 Å². The quantitative estimate of drug-likeness (QED) is 0.514. The van der Waals surface area contributed by atoms with Crippen LogP contribution in [0.4, 0.5) is 0 Å². The predicted octanol–water partition coefficient (Wildman–Crippen LogP) is 3.30. The molecular weight excluding hydrogens is 399 g/mol. The average molecular weight is 415 g/mol. The van der Waals surface area contributed by atoms with E-state index in [1.54, 1.807) is 54.3 Å². The normalized spacial score (nSPS) is 11.2. The van der Waals surface area contributed by atoms with Gasteiger partial charge in [-0.25, -0.2) is 9.78 Å². The molecule has 2 heterocycles. The van der Waals surface area contributed by atoms with Gasteiger partial charge in [0.05, 0.1) is 12.9 Å². The molecule has 0 saturated carbocycles. The second-order valence-corrected chi connectivity index (χ2v) is 7.40. The van der Waals surface area contributed by atoms with Crippen molar-refractivity contribution in [2.24, 2.45) is 7.05 Å². The highest BCUT2D eigenvalue weighted by molar-refractivity contribution is 6.30. The third-order valence-corrected chi connectivity index (χ3v) is 5.13. The van der Waals surface area contributed by atoms with E-state index in [4.69, 9.17) is 23.2 Å². The Morgan fingerprint density at radius 2 is 1.39 bits per heavy atom. The summed E-state index contributed by atoms with van der Waals surface area (Å²) in [6.07, 6.45) is 1.58. The fourth-order valence-corrected chi connectivity index (χ4v) is 3.39. The van der Waals surface area contributed by atoms with Gasteiger partial charge in [-0.1, -0.05) is 47.5 Å². The minimum Gasteiger partial charge on any atom is -0.320 e. The van der Waals surface area contributed by atoms with Crippen molar-refractivity contribution in [2.75, 3.05) is 0 Å². The predicted molar refractivity (Wildman–Crippen MR) is 110 cm³/mol. The number of hydrogen-bond acceptors (Lipinski definition) is 3. The highest BCUT2D eigenvalue weighted by Gasteiger charge is 2.16. The number of aryl methyl sites for hydroxylation is 1. The summed E-state index contributed by atoms with van der Waals surface area (Å²) in [4.78, 5) is 30.1. The van der Waals surface area contributed by atoms with Gasteiger partial charge in [0.25, 0.3) is 5.56 Å². The van der Waals surface area contributed by atoms with Crippen molar-refractivity contribution in [3.63, 3.8) is 0 Å². The summed E-state index contributed by atoms with van der Waals surface area (Å²) in [5, 5.41) is 1.24. The maximum atomic E-state index is 13.1. The van der Waals surface area contributed by atoms with Crippen LogP contribution in [0.2, 0.25) is 10.0 Å². The summed E-state index contributed by atoms with van der Waals surface area (Å²) >= 11 is 11.9. The Morgan fingerprint density at radius 1 is 0.857 bits per heavy atom. The molecule has 6 nitrogen and oxygen atoms in total. The topological polar surface area (TPSA) is 61.8 Å². The zero-order valence-electron chi connectivity index (χ0n) is 15.0. The second-order valence-electron chi connectivity index (χ2n) is 6.53. The molecule has 0 aliphatic carbocycles. The number of fused-ring (bicyclic) bond motifs is 1. The molecule has 0 N–H and O–H groups in total. The lowest BCUT2D eigenvalue weighted by Crippen LogP contribution is -2.40. The van der Waals surface area contributed by atoms with E-state index >= 15 is 0 Å². The van der Waals surface area contributed by atoms with E-state index in [0.717, 1.165) is 11.1 Å². The van der Waals surface area contributed by atoms with Gasteiger partial charge in [-0.05, 0) is 35.4 Å². The van der Waals surface area contributed by atoms with E-state index < -0.39 is 5.69 Å². The van der Waals surface area contributed by atoms with Gasteiger partial charge in [-0.15, -0.1) is 0 Å². The van der Waals surface area contributed by atoms with Gasteiger partial charge in [0, 0.05) is 23.6 Å². The first-order chi connectivity index (χ1) is 13.4. The van der Waals surface area contributed by atoms with Crippen molar-refractivity contribution >= 4 is 34.4 Å². The summed E-state index contributed by atoms with van der Waals surface area (Å²) in [6.45, 7) is 0.604. The van der Waals surface area contributed by atoms with E-state index in [1.165, 1.54) is 9.13 Å². The van der Waals surface area contributed by atoms with Crippen LogP contribution in [0, 0.1) is 0 Å². The molecule has 8 heteroatoms. The molecule has 2 aromatic carbocycles. The van der Waals surface area contributed by atoms with Crippen molar-refractivity contribution in [1.82, 2.24) is 18.7 Å². The van der Waals surface area contributed by atoms with Crippen LogP contribution in [0.15, 0.2) is 64.4 Å². The molecule has 0 saturated heterocycles. The van der Waals surface area contributed by atoms with E-state index in [0.29, 0.717) is 27.8 Å². The van der Waals surface area contributed by atoms with Crippen molar-refractivity contribution < 1.29 is 0 Å². The molecule has 0 bridgehead atoms. The average Bonchev–Trinajstić information content (AvgIpc) is 3.10. The number of benzene rings is 2. The van der Waals surface area contributed by atoms with E-state index in [-0.39, 0.29) is 12.1 Å². The maximum absolute atomic E-state index is 13.1. The van der Waals surface area contributed by atoms with Crippen LogP contribution in [-0.2, 0) is 20.1 Å². The molecular formula is C20H16Cl2N4O2.